The second-order valence-electron chi connectivity index (χ2n) is 6.87. The van der Waals surface area contributed by atoms with Crippen LogP contribution >= 0.6 is 10.0 Å². The Kier molecular flexibility index (Phi) is 6.64. The minimum Gasteiger partial charge on any atom is -0.381 e. The van der Waals surface area contributed by atoms with Gasteiger partial charge in [0.05, 0.1) is 12.2 Å². The van der Waals surface area contributed by atoms with Crippen molar-refractivity contribution in [3.63, 3.8) is 0 Å². The second-order valence-corrected chi connectivity index (χ2v) is 10.5. The molecule has 0 aromatic heterocycles. The standard InChI is InChI=1S/C16H26F6O2S/c1-23-11-3-7-13(8-4-11)25(15(17,18)19,16(20,21)22)14-9-5-12(24-2)6-10-14/h11-14H,3-10H2,1-2H3. The molecule has 150 valence electrons. The lowest BCUT2D eigenvalue weighted by Gasteiger charge is -2.55. The van der Waals surface area contributed by atoms with Crippen molar-refractivity contribution in [2.75, 3.05) is 14.2 Å². The van der Waals surface area contributed by atoms with Crippen molar-refractivity contribution < 1.29 is 35.8 Å². The third kappa shape index (κ3) is 3.93. The van der Waals surface area contributed by atoms with Crippen molar-refractivity contribution >= 4 is 10.0 Å². The molecule has 0 aliphatic heterocycles. The molecular weight excluding hydrogens is 370 g/mol. The number of methoxy groups -OCH3 is 2. The molecule has 2 aliphatic rings. The SMILES string of the molecule is COC1CCC(S(C2CCC(OC)CC2)(C(F)(F)F)C(F)(F)F)CC1. The first kappa shape index (κ1) is 21.2. The number of ether oxygens (including phenoxy) is 2. The fourth-order valence-electron chi connectivity index (χ4n) is 4.44. The van der Waals surface area contributed by atoms with E-state index in [2.05, 4.69) is 0 Å². The van der Waals surface area contributed by atoms with Crippen LogP contribution in [0, 0.1) is 0 Å². The molecule has 2 fully saturated rings. The molecule has 0 atom stereocenters. The van der Waals surface area contributed by atoms with E-state index in [0.29, 0.717) is 0 Å². The number of rotatable bonds is 4. The number of hydrogen-bond donors (Lipinski definition) is 0. The summed E-state index contributed by atoms with van der Waals surface area (Å²) >= 11 is 0. The molecule has 9 heteroatoms. The Hall–Kier alpha value is -0.150. The zero-order valence-electron chi connectivity index (χ0n) is 14.5. The van der Waals surface area contributed by atoms with Crippen LogP contribution in [0.5, 0.6) is 0 Å². The molecule has 0 N–H and O–H groups in total. The average molecular weight is 396 g/mol. The van der Waals surface area contributed by atoms with Crippen molar-refractivity contribution in [2.24, 2.45) is 0 Å². The Labute approximate surface area is 145 Å². The van der Waals surface area contributed by atoms with E-state index in [-0.39, 0.29) is 63.6 Å². The molecule has 2 nitrogen and oxygen atoms in total. The molecule has 0 aromatic rings. The second kappa shape index (κ2) is 7.84. The van der Waals surface area contributed by atoms with Crippen molar-refractivity contribution in [1.82, 2.24) is 0 Å². The van der Waals surface area contributed by atoms with E-state index < -0.39 is 31.5 Å². The van der Waals surface area contributed by atoms with E-state index in [1.165, 1.54) is 14.2 Å². The Morgan fingerprint density at radius 1 is 0.600 bits per heavy atom. The predicted octanol–water partition coefficient (Wildman–Crippen LogP) is 5.75. The van der Waals surface area contributed by atoms with Crippen molar-refractivity contribution in [3.8, 4) is 0 Å². The predicted molar refractivity (Wildman–Crippen MR) is 85.8 cm³/mol. The van der Waals surface area contributed by atoms with Crippen LogP contribution in [-0.4, -0.2) is 47.9 Å². The van der Waals surface area contributed by atoms with Gasteiger partial charge in [0.25, 0.3) is 0 Å². The van der Waals surface area contributed by atoms with E-state index in [1.54, 1.807) is 0 Å². The summed E-state index contributed by atoms with van der Waals surface area (Å²) in [5, 5.41) is -2.72. The van der Waals surface area contributed by atoms with Gasteiger partial charge in [0.15, 0.2) is 0 Å². The highest BCUT2D eigenvalue weighted by molar-refractivity contribution is 8.36. The van der Waals surface area contributed by atoms with Gasteiger partial charge in [0.1, 0.15) is 0 Å². The quantitative estimate of drug-likeness (QED) is 0.564. The molecule has 0 heterocycles. The zero-order valence-corrected chi connectivity index (χ0v) is 15.3. The molecule has 0 spiro atoms. The number of alkyl halides is 6. The molecular formula is C16H26F6O2S. The molecule has 2 saturated carbocycles. The molecule has 0 aromatic carbocycles. The molecule has 2 rings (SSSR count). The lowest BCUT2D eigenvalue weighted by molar-refractivity contribution is -0.0844. The highest BCUT2D eigenvalue weighted by Gasteiger charge is 2.71. The Bertz CT molecular complexity index is 383. The Morgan fingerprint density at radius 2 is 0.880 bits per heavy atom. The molecule has 2 aliphatic carbocycles. The Balaban J connectivity index is 2.37. The van der Waals surface area contributed by atoms with E-state index in [4.69, 9.17) is 9.47 Å². The van der Waals surface area contributed by atoms with Crippen LogP contribution in [0.4, 0.5) is 26.3 Å². The highest BCUT2D eigenvalue weighted by Crippen LogP contribution is 2.80. The third-order valence-electron chi connectivity index (χ3n) is 5.73. The molecule has 0 bridgehead atoms. The van der Waals surface area contributed by atoms with Gasteiger partial charge in [0, 0.05) is 24.7 Å². The van der Waals surface area contributed by atoms with Gasteiger partial charge in [-0.15, -0.1) is 0 Å². The van der Waals surface area contributed by atoms with Crippen molar-refractivity contribution in [2.45, 2.75) is 85.1 Å². The summed E-state index contributed by atoms with van der Waals surface area (Å²) in [7, 11) is -1.91. The fraction of sp³-hybridized carbons (Fsp3) is 1.00. The molecule has 0 amide bonds. The summed E-state index contributed by atoms with van der Waals surface area (Å²) in [6.07, 6.45) is 0.274. The molecule has 0 radical (unpaired) electrons. The van der Waals surface area contributed by atoms with Crippen LogP contribution in [-0.2, 0) is 9.47 Å². The van der Waals surface area contributed by atoms with Gasteiger partial charge in [-0.2, -0.15) is 26.3 Å². The summed E-state index contributed by atoms with van der Waals surface area (Å²) in [6.45, 7) is 0. The minimum atomic E-state index is -5.24. The topological polar surface area (TPSA) is 18.5 Å². The van der Waals surface area contributed by atoms with Gasteiger partial charge in [-0.05, 0) is 61.4 Å². The van der Waals surface area contributed by atoms with Gasteiger partial charge in [-0.1, -0.05) is 0 Å². The first-order valence-corrected chi connectivity index (χ1v) is 10.3. The summed E-state index contributed by atoms with van der Waals surface area (Å²) in [5.74, 6) is 0. The zero-order chi connectivity index (χ0) is 18.9. The van der Waals surface area contributed by atoms with Gasteiger partial charge < -0.3 is 9.47 Å². The molecule has 0 saturated heterocycles. The van der Waals surface area contributed by atoms with E-state index in [0.717, 1.165) is 0 Å². The van der Waals surface area contributed by atoms with Crippen LogP contribution in [0.1, 0.15) is 51.4 Å². The van der Waals surface area contributed by atoms with Crippen molar-refractivity contribution in [1.29, 1.82) is 0 Å². The maximum atomic E-state index is 14.1. The van der Waals surface area contributed by atoms with E-state index >= 15 is 0 Å². The fourth-order valence-corrected chi connectivity index (χ4v) is 8.79. The number of hydrogen-bond acceptors (Lipinski definition) is 2. The number of halogens is 6. The maximum absolute atomic E-state index is 14.1. The first-order valence-electron chi connectivity index (χ1n) is 8.57. The Morgan fingerprint density at radius 3 is 1.08 bits per heavy atom. The van der Waals surface area contributed by atoms with Crippen LogP contribution in [0.15, 0.2) is 0 Å². The lowest BCUT2D eigenvalue weighted by Crippen LogP contribution is -2.49. The van der Waals surface area contributed by atoms with Crippen LogP contribution < -0.4 is 0 Å². The summed E-state index contributed by atoms with van der Waals surface area (Å²) < 4.78 is 94.6. The van der Waals surface area contributed by atoms with Gasteiger partial charge >= 0.3 is 11.0 Å². The summed E-state index contributed by atoms with van der Waals surface area (Å²) in [4.78, 5) is 0. The van der Waals surface area contributed by atoms with E-state index in [9.17, 15) is 26.3 Å². The normalized spacial score (nSPS) is 33.3. The molecule has 25 heavy (non-hydrogen) atoms. The third-order valence-corrected chi connectivity index (χ3v) is 10.3. The van der Waals surface area contributed by atoms with Crippen molar-refractivity contribution in [3.05, 3.63) is 0 Å². The van der Waals surface area contributed by atoms with Crippen LogP contribution in [0.25, 0.3) is 0 Å². The maximum Gasteiger partial charge on any atom is 0.433 e. The average Bonchev–Trinajstić information content (AvgIpc) is 2.54. The highest BCUT2D eigenvalue weighted by atomic mass is 32.3. The first-order chi connectivity index (χ1) is 11.6. The van der Waals surface area contributed by atoms with Gasteiger partial charge in [0.2, 0.25) is 0 Å². The minimum absolute atomic E-state index is 0.0724. The summed E-state index contributed by atoms with van der Waals surface area (Å²) in [5.41, 5.74) is -10.5. The molecule has 0 unspecified atom stereocenters. The van der Waals surface area contributed by atoms with Gasteiger partial charge in [-0.3, -0.25) is 0 Å². The largest absolute Gasteiger partial charge is 0.433 e. The monoisotopic (exact) mass is 396 g/mol. The lowest BCUT2D eigenvalue weighted by atomic mass is 9.96. The van der Waals surface area contributed by atoms with Crippen LogP contribution in [0.2, 0.25) is 0 Å². The summed E-state index contributed by atoms with van der Waals surface area (Å²) in [6, 6.07) is 0. The van der Waals surface area contributed by atoms with Crippen LogP contribution in [0.3, 0.4) is 0 Å². The van der Waals surface area contributed by atoms with Gasteiger partial charge in [-0.25, -0.2) is 0 Å². The van der Waals surface area contributed by atoms with E-state index in [1.807, 2.05) is 0 Å². The smallest absolute Gasteiger partial charge is 0.381 e.